The third-order valence-electron chi connectivity index (χ3n) is 3.75. The number of carbonyl (C=O) groups is 1. The van der Waals surface area contributed by atoms with Gasteiger partial charge in [-0.15, -0.1) is 11.3 Å². The molecule has 0 aliphatic carbocycles. The summed E-state index contributed by atoms with van der Waals surface area (Å²) in [4.78, 5) is 16.3. The van der Waals surface area contributed by atoms with E-state index in [1.165, 1.54) is 11.1 Å². The molecule has 1 amide bonds. The number of thiazole rings is 1. The predicted octanol–water partition coefficient (Wildman–Crippen LogP) is 4.17. The van der Waals surface area contributed by atoms with E-state index in [1.807, 2.05) is 36.0 Å². The third kappa shape index (κ3) is 5.83. The van der Waals surface area contributed by atoms with Crippen molar-refractivity contribution in [2.45, 2.75) is 19.3 Å². The molecule has 0 saturated heterocycles. The minimum absolute atomic E-state index is 0.0680. The lowest BCUT2D eigenvalue weighted by molar-refractivity contribution is -0.125. The average Bonchev–Trinajstić information content (AvgIpc) is 3.06. The molecular formula is C20H22N2O2S2. The maximum atomic E-state index is 11.8. The molecule has 4 nitrogen and oxygen atoms in total. The Morgan fingerprint density at radius 2 is 2.00 bits per heavy atom. The first-order valence-corrected chi connectivity index (χ1v) is 10.5. The molecular weight excluding hydrogens is 364 g/mol. The van der Waals surface area contributed by atoms with Crippen LogP contribution in [0.1, 0.15) is 16.1 Å². The Bertz CT molecular complexity index is 813. The summed E-state index contributed by atoms with van der Waals surface area (Å²) in [5.41, 5.74) is 3.56. The molecule has 1 heterocycles. The number of carbonyl (C=O) groups excluding carboxylic acids is 1. The molecule has 26 heavy (non-hydrogen) atoms. The molecule has 0 bridgehead atoms. The van der Waals surface area contributed by atoms with E-state index in [9.17, 15) is 4.79 Å². The Morgan fingerprint density at radius 3 is 2.81 bits per heavy atom. The highest BCUT2D eigenvalue weighted by molar-refractivity contribution is 7.98. The van der Waals surface area contributed by atoms with Crippen molar-refractivity contribution in [2.75, 3.05) is 18.9 Å². The first-order chi connectivity index (χ1) is 12.7. The van der Waals surface area contributed by atoms with Gasteiger partial charge in [0.2, 0.25) is 5.91 Å². The smallest absolute Gasteiger partial charge is 0.246 e. The second-order valence-electron chi connectivity index (χ2n) is 5.96. The van der Waals surface area contributed by atoms with E-state index in [2.05, 4.69) is 41.5 Å². The first kappa shape index (κ1) is 18.9. The van der Waals surface area contributed by atoms with E-state index in [4.69, 9.17) is 4.74 Å². The molecule has 0 radical (unpaired) electrons. The molecule has 1 aromatic heterocycles. The standard InChI is InChI=1S/C20H22N2O2S2/c1-15-6-8-16(9-7-15)14-25-11-10-21-19(23)12-24-13-20-22-17-4-2-3-5-18(17)26-20/h2-9H,10-14H2,1H3,(H,21,23). The van der Waals surface area contributed by atoms with Gasteiger partial charge in [-0.05, 0) is 24.6 Å². The van der Waals surface area contributed by atoms with Crippen LogP contribution in [0.25, 0.3) is 10.2 Å². The number of aryl methyl sites for hydroxylation is 1. The fraction of sp³-hybridized carbons (Fsp3) is 0.300. The van der Waals surface area contributed by atoms with Crippen LogP contribution in [0.2, 0.25) is 0 Å². The lowest BCUT2D eigenvalue weighted by Gasteiger charge is -2.06. The van der Waals surface area contributed by atoms with E-state index in [1.54, 1.807) is 11.3 Å². The minimum atomic E-state index is -0.0814. The van der Waals surface area contributed by atoms with Gasteiger partial charge in [0.05, 0.1) is 16.8 Å². The van der Waals surface area contributed by atoms with Gasteiger partial charge in [-0.25, -0.2) is 4.98 Å². The number of nitrogens with one attached hydrogen (secondary N) is 1. The molecule has 2 aromatic carbocycles. The van der Waals surface area contributed by atoms with Crippen molar-refractivity contribution in [2.24, 2.45) is 0 Å². The summed E-state index contributed by atoms with van der Waals surface area (Å²) in [5, 5.41) is 3.79. The SMILES string of the molecule is Cc1ccc(CSCCNC(=O)COCc2nc3ccccc3s2)cc1. The summed E-state index contributed by atoms with van der Waals surface area (Å²) >= 11 is 3.41. The Kier molecular flexibility index (Phi) is 7.05. The van der Waals surface area contributed by atoms with Crippen LogP contribution in [-0.2, 0) is 21.9 Å². The number of fused-ring (bicyclic) bond motifs is 1. The van der Waals surface area contributed by atoms with Gasteiger partial charge in [0, 0.05) is 18.1 Å². The molecule has 0 fully saturated rings. The number of aromatic nitrogens is 1. The van der Waals surface area contributed by atoms with Crippen molar-refractivity contribution in [3.63, 3.8) is 0 Å². The highest BCUT2D eigenvalue weighted by atomic mass is 32.2. The molecule has 3 rings (SSSR count). The molecule has 0 atom stereocenters. The number of rotatable bonds is 9. The van der Waals surface area contributed by atoms with Crippen molar-refractivity contribution in [1.29, 1.82) is 0 Å². The first-order valence-electron chi connectivity index (χ1n) is 8.53. The molecule has 0 unspecified atom stereocenters. The van der Waals surface area contributed by atoms with Gasteiger partial charge in [-0.3, -0.25) is 4.79 Å². The summed E-state index contributed by atoms with van der Waals surface area (Å²) in [6.07, 6.45) is 0. The van der Waals surface area contributed by atoms with Crippen molar-refractivity contribution in [1.82, 2.24) is 10.3 Å². The topological polar surface area (TPSA) is 51.2 Å². The van der Waals surface area contributed by atoms with E-state index in [-0.39, 0.29) is 12.5 Å². The fourth-order valence-electron chi connectivity index (χ4n) is 2.40. The van der Waals surface area contributed by atoms with Gasteiger partial charge in [0.25, 0.3) is 0 Å². The van der Waals surface area contributed by atoms with Crippen LogP contribution in [-0.4, -0.2) is 29.8 Å². The molecule has 3 aromatic rings. The zero-order valence-corrected chi connectivity index (χ0v) is 16.4. The van der Waals surface area contributed by atoms with Crippen LogP contribution in [0.5, 0.6) is 0 Å². The van der Waals surface area contributed by atoms with Gasteiger partial charge in [0.1, 0.15) is 11.6 Å². The Labute approximate surface area is 162 Å². The number of hydrogen-bond donors (Lipinski definition) is 1. The lowest BCUT2D eigenvalue weighted by atomic mass is 10.2. The van der Waals surface area contributed by atoms with Gasteiger partial charge in [-0.2, -0.15) is 11.8 Å². The zero-order chi connectivity index (χ0) is 18.2. The van der Waals surface area contributed by atoms with Gasteiger partial charge >= 0.3 is 0 Å². The van der Waals surface area contributed by atoms with Crippen LogP contribution >= 0.6 is 23.1 Å². The fourth-order valence-corrected chi connectivity index (χ4v) is 4.12. The third-order valence-corrected chi connectivity index (χ3v) is 5.79. The van der Waals surface area contributed by atoms with Crippen molar-refractivity contribution >= 4 is 39.2 Å². The number of benzene rings is 2. The Morgan fingerprint density at radius 1 is 1.19 bits per heavy atom. The quantitative estimate of drug-likeness (QED) is 0.561. The van der Waals surface area contributed by atoms with Crippen LogP contribution in [0.4, 0.5) is 0 Å². The van der Waals surface area contributed by atoms with Crippen LogP contribution in [0, 0.1) is 6.92 Å². The summed E-state index contributed by atoms with van der Waals surface area (Å²) in [6.45, 7) is 3.18. The second kappa shape index (κ2) is 9.71. The second-order valence-corrected chi connectivity index (χ2v) is 8.18. The van der Waals surface area contributed by atoms with Crippen molar-refractivity contribution < 1.29 is 9.53 Å². The number of hydrogen-bond acceptors (Lipinski definition) is 5. The number of thioether (sulfide) groups is 1. The van der Waals surface area contributed by atoms with E-state index >= 15 is 0 Å². The largest absolute Gasteiger partial charge is 0.364 e. The summed E-state index contributed by atoms with van der Waals surface area (Å²) in [6, 6.07) is 16.5. The summed E-state index contributed by atoms with van der Waals surface area (Å²) in [5.74, 6) is 1.77. The molecule has 0 saturated carbocycles. The Balaban J connectivity index is 1.27. The molecule has 1 N–H and O–H groups in total. The maximum absolute atomic E-state index is 11.8. The zero-order valence-electron chi connectivity index (χ0n) is 14.7. The van der Waals surface area contributed by atoms with E-state index in [0.717, 1.165) is 26.7 Å². The molecule has 136 valence electrons. The van der Waals surface area contributed by atoms with Gasteiger partial charge in [-0.1, -0.05) is 42.0 Å². The van der Waals surface area contributed by atoms with Gasteiger partial charge in [0.15, 0.2) is 0 Å². The number of amides is 1. The molecule has 6 heteroatoms. The highest BCUT2D eigenvalue weighted by Crippen LogP contribution is 2.21. The summed E-state index contributed by atoms with van der Waals surface area (Å²) in [7, 11) is 0. The van der Waals surface area contributed by atoms with Crippen LogP contribution in [0.15, 0.2) is 48.5 Å². The number of ether oxygens (including phenoxy) is 1. The van der Waals surface area contributed by atoms with E-state index < -0.39 is 0 Å². The molecule has 0 aliphatic heterocycles. The Hall–Kier alpha value is -1.89. The monoisotopic (exact) mass is 386 g/mol. The lowest BCUT2D eigenvalue weighted by Crippen LogP contribution is -2.29. The minimum Gasteiger partial charge on any atom is -0.364 e. The van der Waals surface area contributed by atoms with Crippen molar-refractivity contribution in [3.8, 4) is 0 Å². The summed E-state index contributed by atoms with van der Waals surface area (Å²) < 4.78 is 6.62. The predicted molar refractivity (Wildman–Crippen MR) is 110 cm³/mol. The maximum Gasteiger partial charge on any atom is 0.246 e. The number of nitrogens with zero attached hydrogens (tertiary/aromatic N) is 1. The van der Waals surface area contributed by atoms with Crippen LogP contribution < -0.4 is 5.32 Å². The van der Waals surface area contributed by atoms with Crippen LogP contribution in [0.3, 0.4) is 0 Å². The highest BCUT2D eigenvalue weighted by Gasteiger charge is 2.05. The van der Waals surface area contributed by atoms with E-state index in [0.29, 0.717) is 13.2 Å². The van der Waals surface area contributed by atoms with Crippen molar-refractivity contribution in [3.05, 3.63) is 64.7 Å². The normalized spacial score (nSPS) is 11.0. The average molecular weight is 387 g/mol. The molecule has 0 aliphatic rings. The van der Waals surface area contributed by atoms with Gasteiger partial charge < -0.3 is 10.1 Å². The number of para-hydroxylation sites is 1. The molecule has 0 spiro atoms.